The van der Waals surface area contributed by atoms with Crippen LogP contribution in [0, 0.1) is 11.8 Å². The zero-order valence-corrected chi connectivity index (χ0v) is 16.9. The van der Waals surface area contributed by atoms with Crippen molar-refractivity contribution in [2.75, 3.05) is 6.61 Å². The molecule has 2 nitrogen and oxygen atoms in total. The molecule has 0 N–H and O–H groups in total. The second-order valence-electron chi connectivity index (χ2n) is 8.11. The van der Waals surface area contributed by atoms with Crippen molar-refractivity contribution in [2.24, 2.45) is 11.8 Å². The van der Waals surface area contributed by atoms with E-state index in [4.69, 9.17) is 4.74 Å². The van der Waals surface area contributed by atoms with Crippen LogP contribution in [0.15, 0.2) is 12.2 Å². The van der Waals surface area contributed by atoms with Gasteiger partial charge in [0.15, 0.2) is 0 Å². The first-order valence-electron chi connectivity index (χ1n) is 11.1. The van der Waals surface area contributed by atoms with Crippen LogP contribution in [0.3, 0.4) is 0 Å². The molecule has 0 heterocycles. The number of unbranched alkanes of at least 4 members (excludes halogenated alkanes) is 11. The van der Waals surface area contributed by atoms with Crippen LogP contribution in [0.1, 0.15) is 110 Å². The minimum absolute atomic E-state index is 0.159. The van der Waals surface area contributed by atoms with E-state index in [1.165, 1.54) is 96.3 Å². The molecule has 1 unspecified atom stereocenters. The van der Waals surface area contributed by atoms with E-state index in [1.807, 2.05) is 6.08 Å². The standard InChI is InChI=1S/C23H42O2/c1-3-4-5-6-7-8-9-10-11-12-13-14-15-21(2)20-25-23(24)19-18-22-16-17-22/h18-19,21-22H,3-17,20H2,1-2H3/b19-18+. The van der Waals surface area contributed by atoms with Crippen LogP contribution in [0.2, 0.25) is 0 Å². The normalized spacial score (nSPS) is 15.6. The van der Waals surface area contributed by atoms with Crippen molar-refractivity contribution in [2.45, 2.75) is 110 Å². The third kappa shape index (κ3) is 15.2. The maximum absolute atomic E-state index is 11.5. The monoisotopic (exact) mass is 350 g/mol. The maximum Gasteiger partial charge on any atom is 0.330 e. The van der Waals surface area contributed by atoms with Crippen LogP contribution in [-0.2, 0) is 9.53 Å². The first kappa shape index (κ1) is 22.3. The molecule has 2 heteroatoms. The van der Waals surface area contributed by atoms with Crippen LogP contribution < -0.4 is 0 Å². The van der Waals surface area contributed by atoms with Gasteiger partial charge in [0, 0.05) is 6.08 Å². The number of carbonyl (C=O) groups excluding carboxylic acids is 1. The van der Waals surface area contributed by atoms with E-state index < -0.39 is 0 Å². The highest BCUT2D eigenvalue weighted by molar-refractivity contribution is 5.81. The summed E-state index contributed by atoms with van der Waals surface area (Å²) in [6.07, 6.45) is 24.0. The molecule has 0 bridgehead atoms. The van der Waals surface area contributed by atoms with E-state index in [9.17, 15) is 4.79 Å². The van der Waals surface area contributed by atoms with Crippen molar-refractivity contribution in [1.82, 2.24) is 0 Å². The van der Waals surface area contributed by atoms with Gasteiger partial charge in [-0.15, -0.1) is 0 Å². The van der Waals surface area contributed by atoms with Crippen LogP contribution in [-0.4, -0.2) is 12.6 Å². The van der Waals surface area contributed by atoms with E-state index in [0.29, 0.717) is 18.4 Å². The van der Waals surface area contributed by atoms with Gasteiger partial charge in [0.25, 0.3) is 0 Å². The summed E-state index contributed by atoms with van der Waals surface area (Å²) in [6.45, 7) is 5.04. The number of hydrogen-bond acceptors (Lipinski definition) is 2. The fourth-order valence-corrected chi connectivity index (χ4v) is 3.19. The Kier molecular flexibility index (Phi) is 13.8. The molecule has 1 atom stereocenters. The smallest absolute Gasteiger partial charge is 0.330 e. The lowest BCUT2D eigenvalue weighted by atomic mass is 10.0. The fourth-order valence-electron chi connectivity index (χ4n) is 3.19. The Hall–Kier alpha value is -0.790. The summed E-state index contributed by atoms with van der Waals surface area (Å²) in [5.74, 6) is 0.973. The van der Waals surface area contributed by atoms with Gasteiger partial charge in [-0.05, 0) is 31.1 Å². The highest BCUT2D eigenvalue weighted by Gasteiger charge is 2.17. The van der Waals surface area contributed by atoms with E-state index in [0.717, 1.165) is 0 Å². The Labute approximate surface area is 156 Å². The second kappa shape index (κ2) is 15.5. The second-order valence-corrected chi connectivity index (χ2v) is 8.11. The Morgan fingerprint density at radius 1 is 0.920 bits per heavy atom. The minimum Gasteiger partial charge on any atom is -0.462 e. The third-order valence-corrected chi connectivity index (χ3v) is 5.19. The lowest BCUT2D eigenvalue weighted by Gasteiger charge is -2.11. The molecular weight excluding hydrogens is 308 g/mol. The van der Waals surface area contributed by atoms with E-state index >= 15 is 0 Å². The summed E-state index contributed by atoms with van der Waals surface area (Å²) in [5, 5.41) is 0. The molecule has 1 saturated carbocycles. The predicted octanol–water partition coefficient (Wildman–Crippen LogP) is 7.22. The van der Waals surface area contributed by atoms with Crippen molar-refractivity contribution in [3.63, 3.8) is 0 Å². The molecule has 1 rings (SSSR count). The van der Waals surface area contributed by atoms with E-state index in [2.05, 4.69) is 13.8 Å². The molecule has 1 fully saturated rings. The molecule has 0 amide bonds. The van der Waals surface area contributed by atoms with Crippen LogP contribution in [0.5, 0.6) is 0 Å². The summed E-state index contributed by atoms with van der Waals surface area (Å²) < 4.78 is 5.31. The highest BCUT2D eigenvalue weighted by Crippen LogP contribution is 2.29. The Morgan fingerprint density at radius 2 is 1.44 bits per heavy atom. The Balaban J connectivity index is 1.78. The largest absolute Gasteiger partial charge is 0.462 e. The van der Waals surface area contributed by atoms with Gasteiger partial charge in [-0.25, -0.2) is 4.79 Å². The number of ether oxygens (including phenoxy) is 1. The van der Waals surface area contributed by atoms with Gasteiger partial charge in [0.1, 0.15) is 0 Å². The average Bonchev–Trinajstić information content (AvgIpc) is 3.43. The summed E-state index contributed by atoms with van der Waals surface area (Å²) in [7, 11) is 0. The van der Waals surface area contributed by atoms with E-state index in [-0.39, 0.29) is 5.97 Å². The van der Waals surface area contributed by atoms with Gasteiger partial charge in [-0.2, -0.15) is 0 Å². The molecular formula is C23H42O2. The maximum atomic E-state index is 11.5. The topological polar surface area (TPSA) is 26.3 Å². The van der Waals surface area contributed by atoms with Gasteiger partial charge in [0.2, 0.25) is 0 Å². The Bertz CT molecular complexity index is 344. The summed E-state index contributed by atoms with van der Waals surface area (Å²) in [4.78, 5) is 11.5. The molecule has 1 aliphatic rings. The highest BCUT2D eigenvalue weighted by atomic mass is 16.5. The zero-order chi connectivity index (χ0) is 18.2. The number of hydrogen-bond donors (Lipinski definition) is 0. The van der Waals surface area contributed by atoms with Crippen molar-refractivity contribution in [3.05, 3.63) is 12.2 Å². The van der Waals surface area contributed by atoms with Crippen LogP contribution >= 0.6 is 0 Å². The van der Waals surface area contributed by atoms with Gasteiger partial charge in [-0.3, -0.25) is 0 Å². The molecule has 0 saturated heterocycles. The lowest BCUT2D eigenvalue weighted by Crippen LogP contribution is -2.10. The molecule has 0 aliphatic heterocycles. The zero-order valence-electron chi connectivity index (χ0n) is 16.9. The number of rotatable bonds is 17. The first-order chi connectivity index (χ1) is 12.2. The molecule has 0 radical (unpaired) electrons. The molecule has 0 spiro atoms. The Morgan fingerprint density at radius 3 is 1.96 bits per heavy atom. The summed E-state index contributed by atoms with van der Waals surface area (Å²) in [6, 6.07) is 0. The van der Waals surface area contributed by atoms with Crippen molar-refractivity contribution in [1.29, 1.82) is 0 Å². The molecule has 146 valence electrons. The van der Waals surface area contributed by atoms with Crippen LogP contribution in [0.4, 0.5) is 0 Å². The summed E-state index contributed by atoms with van der Waals surface area (Å²) in [5.41, 5.74) is 0. The minimum atomic E-state index is -0.159. The first-order valence-corrected chi connectivity index (χ1v) is 11.1. The van der Waals surface area contributed by atoms with Crippen molar-refractivity contribution >= 4 is 5.97 Å². The SMILES string of the molecule is CCCCCCCCCCCCCCC(C)COC(=O)/C=C/C1CC1. The molecule has 0 aromatic rings. The molecule has 25 heavy (non-hydrogen) atoms. The predicted molar refractivity (Wildman–Crippen MR) is 108 cm³/mol. The number of allylic oxidation sites excluding steroid dienone is 1. The van der Waals surface area contributed by atoms with E-state index in [1.54, 1.807) is 6.08 Å². The van der Waals surface area contributed by atoms with Crippen molar-refractivity contribution in [3.8, 4) is 0 Å². The molecule has 1 aliphatic carbocycles. The fraction of sp³-hybridized carbons (Fsp3) is 0.870. The van der Waals surface area contributed by atoms with Gasteiger partial charge in [-0.1, -0.05) is 97.0 Å². The average molecular weight is 351 g/mol. The van der Waals surface area contributed by atoms with Gasteiger partial charge < -0.3 is 4.74 Å². The molecule has 0 aromatic carbocycles. The van der Waals surface area contributed by atoms with Gasteiger partial charge in [0.05, 0.1) is 6.61 Å². The van der Waals surface area contributed by atoms with Crippen molar-refractivity contribution < 1.29 is 9.53 Å². The lowest BCUT2D eigenvalue weighted by molar-refractivity contribution is -0.139. The van der Waals surface area contributed by atoms with Crippen LogP contribution in [0.25, 0.3) is 0 Å². The molecule has 0 aromatic heterocycles. The number of esters is 1. The number of carbonyl (C=O) groups is 1. The quantitative estimate of drug-likeness (QED) is 0.157. The van der Waals surface area contributed by atoms with Gasteiger partial charge >= 0.3 is 5.97 Å². The summed E-state index contributed by atoms with van der Waals surface area (Å²) >= 11 is 0. The third-order valence-electron chi connectivity index (χ3n) is 5.19.